The fourth-order valence-corrected chi connectivity index (χ4v) is 1.66. The highest BCUT2D eigenvalue weighted by Gasteiger charge is 2.13. The molecule has 1 heterocycles. The Kier molecular flexibility index (Phi) is 2.23. The Balaban J connectivity index is 2.35. The zero-order valence-electron chi connectivity index (χ0n) is 7.50. The third kappa shape index (κ3) is 1.68. The van der Waals surface area contributed by atoms with Gasteiger partial charge in [0.2, 0.25) is 0 Å². The molecule has 1 aliphatic heterocycles. The number of hydrogen-bond acceptors (Lipinski definition) is 2. The molecule has 2 nitrogen and oxygen atoms in total. The van der Waals surface area contributed by atoms with Crippen molar-refractivity contribution in [1.82, 2.24) is 4.90 Å². The smallest absolute Gasteiger partial charge is 0.130 e. The summed E-state index contributed by atoms with van der Waals surface area (Å²) in [5.74, 6) is 1.04. The molecule has 0 radical (unpaired) electrons. The van der Waals surface area contributed by atoms with Crippen LogP contribution in [0, 0.1) is 0 Å². The minimum Gasteiger partial charge on any atom is -0.358 e. The second kappa shape index (κ2) is 3.38. The summed E-state index contributed by atoms with van der Waals surface area (Å²) in [6.45, 7) is 1.89. The third-order valence-electron chi connectivity index (χ3n) is 2.14. The van der Waals surface area contributed by atoms with Crippen LogP contribution in [-0.4, -0.2) is 30.9 Å². The molecule has 0 saturated carbocycles. The van der Waals surface area contributed by atoms with Gasteiger partial charge < -0.3 is 4.90 Å². The van der Waals surface area contributed by atoms with Crippen LogP contribution in [0.25, 0.3) is 0 Å². The quantitative estimate of drug-likeness (QED) is 0.668. The van der Waals surface area contributed by atoms with Crippen molar-refractivity contribution in [3.8, 4) is 0 Å². The summed E-state index contributed by atoms with van der Waals surface area (Å²) < 4.78 is 0. The van der Waals surface area contributed by atoms with Crippen LogP contribution < -0.4 is 0 Å². The fraction of sp³-hybridized carbons (Fsp3) is 0.300. The molecule has 0 fully saturated rings. The number of amidine groups is 1. The Morgan fingerprint density at radius 2 is 2.31 bits per heavy atom. The molecule has 0 spiro atoms. The average molecular weight is 195 g/mol. The predicted molar refractivity (Wildman–Crippen MR) is 55.5 cm³/mol. The van der Waals surface area contributed by atoms with Crippen molar-refractivity contribution in [1.29, 1.82) is 0 Å². The van der Waals surface area contributed by atoms with Gasteiger partial charge in [-0.2, -0.15) is 0 Å². The number of aliphatic imine (C=N–C) groups is 1. The van der Waals surface area contributed by atoms with E-state index in [4.69, 9.17) is 11.6 Å². The Bertz CT molecular complexity index is 347. The summed E-state index contributed by atoms with van der Waals surface area (Å²) in [7, 11) is 2.05. The molecule has 0 aliphatic carbocycles. The summed E-state index contributed by atoms with van der Waals surface area (Å²) in [5, 5.41) is 0.764. The van der Waals surface area contributed by atoms with Gasteiger partial charge in [0.15, 0.2) is 0 Å². The first kappa shape index (κ1) is 8.57. The molecule has 0 amide bonds. The molecular weight excluding hydrogens is 184 g/mol. The van der Waals surface area contributed by atoms with Crippen molar-refractivity contribution < 1.29 is 0 Å². The van der Waals surface area contributed by atoms with Gasteiger partial charge in [-0.05, 0) is 12.1 Å². The average Bonchev–Trinajstić information content (AvgIpc) is 2.51. The van der Waals surface area contributed by atoms with E-state index in [0.717, 1.165) is 29.5 Å². The van der Waals surface area contributed by atoms with Crippen molar-refractivity contribution in [3.63, 3.8) is 0 Å². The second-order valence-corrected chi connectivity index (χ2v) is 3.57. The van der Waals surface area contributed by atoms with Crippen molar-refractivity contribution in [3.05, 3.63) is 34.9 Å². The van der Waals surface area contributed by atoms with Crippen LogP contribution in [0.1, 0.15) is 5.56 Å². The van der Waals surface area contributed by atoms with Gasteiger partial charge in [0.05, 0.1) is 6.54 Å². The molecule has 0 unspecified atom stereocenters. The summed E-state index contributed by atoms with van der Waals surface area (Å²) >= 11 is 5.90. The van der Waals surface area contributed by atoms with E-state index in [1.165, 1.54) is 0 Å². The van der Waals surface area contributed by atoms with E-state index < -0.39 is 0 Å². The van der Waals surface area contributed by atoms with Crippen molar-refractivity contribution in [2.75, 3.05) is 20.1 Å². The van der Waals surface area contributed by atoms with E-state index in [9.17, 15) is 0 Å². The van der Waals surface area contributed by atoms with Crippen LogP contribution in [0.2, 0.25) is 5.02 Å². The number of nitrogens with zero attached hydrogens (tertiary/aromatic N) is 2. The van der Waals surface area contributed by atoms with Gasteiger partial charge in [-0.25, -0.2) is 0 Å². The molecule has 1 aromatic carbocycles. The summed E-state index contributed by atoms with van der Waals surface area (Å²) in [6.07, 6.45) is 0. The Labute approximate surface area is 82.8 Å². The standard InChI is InChI=1S/C10H11ClN2/c1-13-6-5-12-10(13)8-3-2-4-9(11)7-8/h2-4,7H,5-6H2,1H3. The molecule has 2 rings (SSSR count). The summed E-state index contributed by atoms with van der Waals surface area (Å²) in [4.78, 5) is 6.56. The van der Waals surface area contributed by atoms with E-state index in [-0.39, 0.29) is 0 Å². The lowest BCUT2D eigenvalue weighted by Gasteiger charge is -2.13. The van der Waals surface area contributed by atoms with Crippen LogP contribution in [0.5, 0.6) is 0 Å². The number of benzene rings is 1. The predicted octanol–water partition coefficient (Wildman–Crippen LogP) is 2.03. The normalized spacial score (nSPS) is 16.2. The minimum absolute atomic E-state index is 0.764. The minimum atomic E-state index is 0.764. The maximum atomic E-state index is 5.90. The molecular formula is C10H11ClN2. The molecule has 13 heavy (non-hydrogen) atoms. The molecule has 0 aromatic heterocycles. The molecule has 0 saturated heterocycles. The summed E-state index contributed by atoms with van der Waals surface area (Å²) in [5.41, 5.74) is 1.10. The SMILES string of the molecule is CN1CCN=C1c1cccc(Cl)c1. The zero-order valence-corrected chi connectivity index (χ0v) is 8.25. The second-order valence-electron chi connectivity index (χ2n) is 3.14. The van der Waals surface area contributed by atoms with E-state index in [0.29, 0.717) is 0 Å². The highest BCUT2D eigenvalue weighted by molar-refractivity contribution is 6.31. The van der Waals surface area contributed by atoms with Crippen molar-refractivity contribution in [2.45, 2.75) is 0 Å². The van der Waals surface area contributed by atoms with Gasteiger partial charge in [-0.3, -0.25) is 4.99 Å². The van der Waals surface area contributed by atoms with Crippen molar-refractivity contribution in [2.24, 2.45) is 4.99 Å². The van der Waals surface area contributed by atoms with Gasteiger partial charge in [-0.1, -0.05) is 23.7 Å². The summed E-state index contributed by atoms with van der Waals surface area (Å²) in [6, 6.07) is 7.81. The van der Waals surface area contributed by atoms with Crippen molar-refractivity contribution >= 4 is 17.4 Å². The highest BCUT2D eigenvalue weighted by atomic mass is 35.5. The van der Waals surface area contributed by atoms with E-state index in [1.807, 2.05) is 31.3 Å². The third-order valence-corrected chi connectivity index (χ3v) is 2.38. The Hall–Kier alpha value is -1.02. The van der Waals surface area contributed by atoms with Gasteiger partial charge in [0.1, 0.15) is 5.84 Å². The van der Waals surface area contributed by atoms with E-state index >= 15 is 0 Å². The number of halogens is 1. The number of hydrogen-bond donors (Lipinski definition) is 0. The molecule has 0 atom stereocenters. The molecule has 0 N–H and O–H groups in total. The van der Waals surface area contributed by atoms with Crippen LogP contribution in [0.15, 0.2) is 29.3 Å². The van der Waals surface area contributed by atoms with Gasteiger partial charge >= 0.3 is 0 Å². The zero-order chi connectivity index (χ0) is 9.26. The fourth-order valence-electron chi connectivity index (χ4n) is 1.47. The number of rotatable bonds is 1. The van der Waals surface area contributed by atoms with E-state index in [1.54, 1.807) is 0 Å². The lowest BCUT2D eigenvalue weighted by Crippen LogP contribution is -2.23. The maximum absolute atomic E-state index is 5.90. The number of likely N-dealkylation sites (N-methyl/N-ethyl adjacent to an activating group) is 1. The Morgan fingerprint density at radius 1 is 1.46 bits per heavy atom. The van der Waals surface area contributed by atoms with Crippen LogP contribution in [-0.2, 0) is 0 Å². The topological polar surface area (TPSA) is 15.6 Å². The first-order chi connectivity index (χ1) is 6.27. The van der Waals surface area contributed by atoms with Gasteiger partial charge in [0.25, 0.3) is 0 Å². The first-order valence-electron chi connectivity index (χ1n) is 4.29. The Morgan fingerprint density at radius 3 is 2.92 bits per heavy atom. The monoisotopic (exact) mass is 194 g/mol. The lowest BCUT2D eigenvalue weighted by molar-refractivity contribution is 0.557. The van der Waals surface area contributed by atoms with Gasteiger partial charge in [-0.15, -0.1) is 0 Å². The molecule has 68 valence electrons. The molecule has 0 bridgehead atoms. The van der Waals surface area contributed by atoms with E-state index in [2.05, 4.69) is 9.89 Å². The van der Waals surface area contributed by atoms with Gasteiger partial charge in [0, 0.05) is 24.2 Å². The molecule has 3 heteroatoms. The van der Waals surface area contributed by atoms with Crippen LogP contribution in [0.4, 0.5) is 0 Å². The van der Waals surface area contributed by atoms with Crippen LogP contribution >= 0.6 is 11.6 Å². The lowest BCUT2D eigenvalue weighted by atomic mass is 10.2. The largest absolute Gasteiger partial charge is 0.358 e. The first-order valence-corrected chi connectivity index (χ1v) is 4.67. The van der Waals surface area contributed by atoms with Crippen LogP contribution in [0.3, 0.4) is 0 Å². The molecule has 1 aliphatic rings. The highest BCUT2D eigenvalue weighted by Crippen LogP contribution is 2.14. The molecule has 1 aromatic rings. The maximum Gasteiger partial charge on any atom is 0.130 e.